The Morgan fingerprint density at radius 1 is 0.851 bits per heavy atom. The van der Waals surface area contributed by atoms with Crippen LogP contribution in [0.1, 0.15) is 75.5 Å². The third kappa shape index (κ3) is 11.6. The van der Waals surface area contributed by atoms with Gasteiger partial charge in [0.1, 0.15) is 17.0 Å². The lowest BCUT2D eigenvalue weighted by atomic mass is 9.84. The van der Waals surface area contributed by atoms with Crippen molar-refractivity contribution in [3.8, 4) is 0 Å². The quantitative estimate of drug-likeness (QED) is 0.133. The standard InChI is InChI=1S/C37H51N3O6S/c1-5-31(17-12-18-32(26-42)40(24-23-27(2)3)47(45)33-21-19-28(25-41)20-22-33)38-36(43)35(39-37(44)46-4)34(29-13-8-6-9-14-29)30-15-10-7-11-16-30/h6-11,13-16,19-22,27,31-32,34-35,41-42H,5,12,17-18,23-26H2,1-4H3,(H,38,43)(H,39,44). The minimum Gasteiger partial charge on any atom is -0.453 e. The summed E-state index contributed by atoms with van der Waals surface area (Å²) in [6, 6.07) is 24.8. The molecule has 0 saturated heterocycles. The van der Waals surface area contributed by atoms with Gasteiger partial charge in [-0.05, 0) is 66.8 Å². The molecule has 0 aliphatic rings. The summed E-state index contributed by atoms with van der Waals surface area (Å²) < 4.78 is 20.5. The summed E-state index contributed by atoms with van der Waals surface area (Å²) in [4.78, 5) is 27.1. The van der Waals surface area contributed by atoms with Crippen molar-refractivity contribution in [1.29, 1.82) is 0 Å². The first-order valence-electron chi connectivity index (χ1n) is 16.5. The Morgan fingerprint density at radius 3 is 1.94 bits per heavy atom. The molecule has 0 aliphatic carbocycles. The minimum absolute atomic E-state index is 0.0863. The van der Waals surface area contributed by atoms with E-state index in [1.807, 2.05) is 71.9 Å². The predicted octanol–water partition coefficient (Wildman–Crippen LogP) is 5.53. The van der Waals surface area contributed by atoms with E-state index in [0.717, 1.165) is 23.1 Å². The Balaban J connectivity index is 1.75. The Kier molecular flexibility index (Phi) is 16.1. The van der Waals surface area contributed by atoms with Crippen molar-refractivity contribution in [2.24, 2.45) is 5.92 Å². The van der Waals surface area contributed by atoms with Crippen molar-refractivity contribution in [3.05, 3.63) is 102 Å². The average Bonchev–Trinajstić information content (AvgIpc) is 3.10. The molecule has 0 bridgehead atoms. The molecule has 0 aromatic heterocycles. The molecule has 3 aromatic carbocycles. The first-order valence-corrected chi connectivity index (χ1v) is 17.6. The lowest BCUT2D eigenvalue weighted by molar-refractivity contribution is -0.124. The highest BCUT2D eigenvalue weighted by molar-refractivity contribution is 7.82. The van der Waals surface area contributed by atoms with Crippen molar-refractivity contribution in [3.63, 3.8) is 0 Å². The molecule has 0 aliphatic heterocycles. The number of amides is 2. The van der Waals surface area contributed by atoms with E-state index in [0.29, 0.717) is 43.0 Å². The molecule has 0 radical (unpaired) electrons. The Bertz CT molecular complexity index is 1330. The fourth-order valence-corrected chi connectivity index (χ4v) is 6.97. The summed E-state index contributed by atoms with van der Waals surface area (Å²) >= 11 is 0. The molecule has 4 atom stereocenters. The lowest BCUT2D eigenvalue weighted by Gasteiger charge is -2.31. The number of ether oxygens (including phenoxy) is 1. The highest BCUT2D eigenvalue weighted by Crippen LogP contribution is 2.29. The summed E-state index contributed by atoms with van der Waals surface area (Å²) in [5.41, 5.74) is 2.51. The van der Waals surface area contributed by atoms with Crippen molar-refractivity contribution in [2.45, 2.75) is 88.4 Å². The second-order valence-electron chi connectivity index (χ2n) is 12.2. The van der Waals surface area contributed by atoms with E-state index in [1.54, 1.807) is 24.3 Å². The van der Waals surface area contributed by atoms with Gasteiger partial charge in [-0.3, -0.25) is 4.79 Å². The number of benzene rings is 3. The molecule has 2 amide bonds. The Hall–Kier alpha value is -3.57. The molecular formula is C37H51N3O6S. The van der Waals surface area contributed by atoms with Crippen LogP contribution in [0, 0.1) is 5.92 Å². The molecule has 3 rings (SSSR count). The second-order valence-corrected chi connectivity index (χ2v) is 13.6. The predicted molar refractivity (Wildman–Crippen MR) is 186 cm³/mol. The lowest BCUT2D eigenvalue weighted by Crippen LogP contribution is -2.52. The molecule has 4 unspecified atom stereocenters. The largest absolute Gasteiger partial charge is 0.453 e. The van der Waals surface area contributed by atoms with Crippen molar-refractivity contribution in [2.75, 3.05) is 20.3 Å². The van der Waals surface area contributed by atoms with E-state index in [9.17, 15) is 24.0 Å². The normalized spacial score (nSPS) is 14.1. The summed E-state index contributed by atoms with van der Waals surface area (Å²) in [6.07, 6.45) is 2.70. The molecule has 4 N–H and O–H groups in total. The van der Waals surface area contributed by atoms with Crippen molar-refractivity contribution in [1.82, 2.24) is 14.9 Å². The van der Waals surface area contributed by atoms with Crippen molar-refractivity contribution < 1.29 is 28.7 Å². The Labute approximate surface area is 282 Å². The van der Waals surface area contributed by atoms with Gasteiger partial charge in [0.2, 0.25) is 5.91 Å². The number of nitrogens with one attached hydrogen (secondary N) is 2. The van der Waals surface area contributed by atoms with Gasteiger partial charge in [0.05, 0.1) is 25.2 Å². The Morgan fingerprint density at radius 2 is 1.45 bits per heavy atom. The molecule has 0 saturated carbocycles. The monoisotopic (exact) mass is 665 g/mol. The number of rotatable bonds is 19. The molecular weight excluding hydrogens is 614 g/mol. The van der Waals surface area contributed by atoms with E-state index in [2.05, 4.69) is 24.5 Å². The maximum absolute atomic E-state index is 14.0. The number of methoxy groups -OCH3 is 1. The molecule has 256 valence electrons. The van der Waals surface area contributed by atoms with Gasteiger partial charge in [-0.1, -0.05) is 93.6 Å². The maximum atomic E-state index is 14.0. The van der Waals surface area contributed by atoms with Gasteiger partial charge in [-0.25, -0.2) is 13.3 Å². The molecule has 0 spiro atoms. The van der Waals surface area contributed by atoms with Gasteiger partial charge in [-0.15, -0.1) is 0 Å². The molecule has 10 heteroatoms. The zero-order valence-electron chi connectivity index (χ0n) is 28.0. The van der Waals surface area contributed by atoms with Gasteiger partial charge in [0, 0.05) is 24.5 Å². The van der Waals surface area contributed by atoms with E-state index in [-0.39, 0.29) is 31.2 Å². The van der Waals surface area contributed by atoms with E-state index >= 15 is 0 Å². The topological polar surface area (TPSA) is 128 Å². The number of alkyl carbamates (subject to hydrolysis) is 1. The van der Waals surface area contributed by atoms with Gasteiger partial charge in [0.15, 0.2) is 0 Å². The van der Waals surface area contributed by atoms with Crippen LogP contribution in [0.2, 0.25) is 0 Å². The van der Waals surface area contributed by atoms with E-state index in [4.69, 9.17) is 4.74 Å². The zero-order chi connectivity index (χ0) is 34.2. The number of carbonyl (C=O) groups excluding carboxylic acids is 2. The number of carbonyl (C=O) groups is 2. The van der Waals surface area contributed by atoms with Gasteiger partial charge in [-0.2, -0.15) is 0 Å². The average molecular weight is 666 g/mol. The van der Waals surface area contributed by atoms with Gasteiger partial charge < -0.3 is 25.6 Å². The first-order chi connectivity index (χ1) is 22.7. The molecule has 3 aromatic rings. The zero-order valence-corrected chi connectivity index (χ0v) is 28.8. The van der Waals surface area contributed by atoms with Crippen LogP contribution in [0.5, 0.6) is 0 Å². The highest BCUT2D eigenvalue weighted by atomic mass is 32.2. The van der Waals surface area contributed by atoms with Crippen LogP contribution in [-0.2, 0) is 27.1 Å². The summed E-state index contributed by atoms with van der Waals surface area (Å²) in [5, 5.41) is 25.8. The first kappa shape index (κ1) is 37.9. The third-order valence-electron chi connectivity index (χ3n) is 8.39. The van der Waals surface area contributed by atoms with Gasteiger partial charge in [0.25, 0.3) is 0 Å². The second kappa shape index (κ2) is 19.9. The molecule has 0 fully saturated rings. The van der Waals surface area contributed by atoms with E-state index < -0.39 is 29.0 Å². The minimum atomic E-state index is -1.49. The van der Waals surface area contributed by atoms with Crippen LogP contribution in [0.25, 0.3) is 0 Å². The maximum Gasteiger partial charge on any atom is 0.407 e. The van der Waals surface area contributed by atoms with Crippen LogP contribution >= 0.6 is 0 Å². The summed E-state index contributed by atoms with van der Waals surface area (Å²) in [7, 11) is -0.212. The van der Waals surface area contributed by atoms with Crippen LogP contribution in [0.3, 0.4) is 0 Å². The smallest absolute Gasteiger partial charge is 0.407 e. The van der Waals surface area contributed by atoms with Crippen LogP contribution < -0.4 is 10.6 Å². The number of hydrogen-bond acceptors (Lipinski definition) is 6. The molecule has 9 nitrogen and oxygen atoms in total. The number of nitrogens with zero attached hydrogens (tertiary/aromatic N) is 1. The fourth-order valence-electron chi connectivity index (χ4n) is 5.61. The third-order valence-corrected chi connectivity index (χ3v) is 9.97. The highest BCUT2D eigenvalue weighted by Gasteiger charge is 2.34. The van der Waals surface area contributed by atoms with Crippen LogP contribution in [0.4, 0.5) is 4.79 Å². The van der Waals surface area contributed by atoms with Crippen LogP contribution in [0.15, 0.2) is 89.8 Å². The number of hydrogen-bond donors (Lipinski definition) is 4. The number of aliphatic hydroxyl groups is 2. The SMILES string of the molecule is CCC(CCCC(CO)N(CCC(C)C)S(=O)c1ccc(CO)cc1)NC(=O)C(NC(=O)OC)C(c1ccccc1)c1ccccc1. The molecule has 47 heavy (non-hydrogen) atoms. The van der Waals surface area contributed by atoms with Crippen molar-refractivity contribution >= 4 is 23.0 Å². The summed E-state index contributed by atoms with van der Waals surface area (Å²) in [5.74, 6) is -0.374. The fraction of sp³-hybridized carbons (Fsp3) is 0.459. The molecule has 0 heterocycles. The van der Waals surface area contributed by atoms with E-state index in [1.165, 1.54) is 7.11 Å². The summed E-state index contributed by atoms with van der Waals surface area (Å²) in [6.45, 7) is 6.56. The van der Waals surface area contributed by atoms with Gasteiger partial charge >= 0.3 is 6.09 Å². The number of aliphatic hydroxyl groups excluding tert-OH is 2. The van der Waals surface area contributed by atoms with Crippen LogP contribution in [-0.4, -0.2) is 69.1 Å².